The van der Waals surface area contributed by atoms with Crippen LogP contribution in [0.4, 0.5) is 0 Å². The van der Waals surface area contributed by atoms with Crippen molar-refractivity contribution in [2.24, 2.45) is 0 Å². The van der Waals surface area contributed by atoms with Gasteiger partial charge in [-0.2, -0.15) is 5.26 Å². The smallest absolute Gasteiger partial charge is 0.140 e. The van der Waals surface area contributed by atoms with Crippen molar-refractivity contribution in [3.05, 3.63) is 24.0 Å². The molecule has 1 aromatic heterocycles. The Balaban J connectivity index is 1.60. The molecule has 3 heterocycles. The molecule has 0 bridgehead atoms. The lowest BCUT2D eigenvalue weighted by atomic mass is 9.89. The van der Waals surface area contributed by atoms with Crippen molar-refractivity contribution < 1.29 is 9.47 Å². The summed E-state index contributed by atoms with van der Waals surface area (Å²) >= 11 is 0. The summed E-state index contributed by atoms with van der Waals surface area (Å²) in [4.78, 5) is 4.01. The fourth-order valence-electron chi connectivity index (χ4n) is 2.82. The Labute approximate surface area is 112 Å². The van der Waals surface area contributed by atoms with Crippen LogP contribution < -0.4 is 10.1 Å². The number of piperidine rings is 1. The van der Waals surface area contributed by atoms with Crippen molar-refractivity contribution >= 4 is 0 Å². The van der Waals surface area contributed by atoms with Gasteiger partial charge in [0.1, 0.15) is 23.6 Å². The molecule has 0 aromatic carbocycles. The summed E-state index contributed by atoms with van der Waals surface area (Å²) in [5, 5.41) is 12.1. The monoisotopic (exact) mass is 259 g/mol. The highest BCUT2D eigenvalue weighted by Gasteiger charge is 2.42. The van der Waals surface area contributed by atoms with Gasteiger partial charge in [-0.1, -0.05) is 0 Å². The van der Waals surface area contributed by atoms with Gasteiger partial charge in [0.2, 0.25) is 0 Å². The zero-order valence-corrected chi connectivity index (χ0v) is 10.8. The molecule has 0 radical (unpaired) electrons. The molecule has 5 nitrogen and oxygen atoms in total. The minimum absolute atomic E-state index is 0.00986. The second-order valence-corrected chi connectivity index (χ2v) is 5.18. The molecular formula is C14H17N3O2. The minimum Gasteiger partial charge on any atom is -0.486 e. The summed E-state index contributed by atoms with van der Waals surface area (Å²) in [5.41, 5.74) is 0.417. The van der Waals surface area contributed by atoms with Crippen molar-refractivity contribution in [2.45, 2.75) is 31.0 Å². The van der Waals surface area contributed by atoms with Gasteiger partial charge in [0, 0.05) is 6.42 Å². The molecule has 2 saturated heterocycles. The molecule has 1 atom stereocenters. The van der Waals surface area contributed by atoms with Gasteiger partial charge in [-0.3, -0.25) is 0 Å². The molecule has 100 valence electrons. The Bertz CT molecular complexity index is 474. The predicted octanol–water partition coefficient (Wildman–Crippen LogP) is 1.24. The number of nitriles is 1. The topological polar surface area (TPSA) is 67.2 Å². The van der Waals surface area contributed by atoms with E-state index in [1.807, 2.05) is 6.07 Å². The van der Waals surface area contributed by atoms with E-state index in [1.54, 1.807) is 18.3 Å². The van der Waals surface area contributed by atoms with Gasteiger partial charge < -0.3 is 14.8 Å². The lowest BCUT2D eigenvalue weighted by molar-refractivity contribution is -0.0205. The molecule has 19 heavy (non-hydrogen) atoms. The third-order valence-electron chi connectivity index (χ3n) is 3.84. The van der Waals surface area contributed by atoms with Crippen LogP contribution in [-0.2, 0) is 4.74 Å². The van der Waals surface area contributed by atoms with Gasteiger partial charge in [-0.25, -0.2) is 4.98 Å². The molecule has 0 amide bonds. The van der Waals surface area contributed by atoms with Gasteiger partial charge in [0.15, 0.2) is 0 Å². The van der Waals surface area contributed by atoms with Gasteiger partial charge in [0.25, 0.3) is 0 Å². The van der Waals surface area contributed by atoms with Crippen LogP contribution in [0.15, 0.2) is 18.3 Å². The molecule has 1 spiro atoms. The lowest BCUT2D eigenvalue weighted by Gasteiger charge is -2.32. The predicted molar refractivity (Wildman–Crippen MR) is 68.8 cm³/mol. The van der Waals surface area contributed by atoms with Gasteiger partial charge in [0.05, 0.1) is 18.4 Å². The summed E-state index contributed by atoms with van der Waals surface area (Å²) in [6.07, 6.45) is 4.74. The Hall–Kier alpha value is -1.64. The molecule has 2 fully saturated rings. The zero-order valence-electron chi connectivity index (χ0n) is 10.8. The van der Waals surface area contributed by atoms with Crippen LogP contribution in [-0.4, -0.2) is 36.4 Å². The first kappa shape index (κ1) is 12.4. The molecule has 1 N–H and O–H groups in total. The van der Waals surface area contributed by atoms with E-state index in [9.17, 15) is 0 Å². The Morgan fingerprint density at radius 3 is 2.95 bits per heavy atom. The van der Waals surface area contributed by atoms with Gasteiger partial charge in [-0.05, 0) is 38.1 Å². The summed E-state index contributed by atoms with van der Waals surface area (Å²) in [5.74, 6) is 0.707. The SMILES string of the molecule is N#Cc1ccc(OC2COC3(CCNCC3)C2)cn1. The normalized spacial score (nSPS) is 25.1. The van der Waals surface area contributed by atoms with Crippen LogP contribution in [0.25, 0.3) is 0 Å². The number of aromatic nitrogens is 1. The van der Waals surface area contributed by atoms with E-state index >= 15 is 0 Å². The van der Waals surface area contributed by atoms with Crippen molar-refractivity contribution in [1.29, 1.82) is 5.26 Å². The summed E-state index contributed by atoms with van der Waals surface area (Å²) < 4.78 is 11.9. The third-order valence-corrected chi connectivity index (χ3v) is 3.84. The highest BCUT2D eigenvalue weighted by molar-refractivity contribution is 5.26. The minimum atomic E-state index is 0.00986. The highest BCUT2D eigenvalue weighted by atomic mass is 16.6. The largest absolute Gasteiger partial charge is 0.486 e. The Morgan fingerprint density at radius 2 is 2.26 bits per heavy atom. The molecule has 1 unspecified atom stereocenters. The first-order valence-corrected chi connectivity index (χ1v) is 6.67. The van der Waals surface area contributed by atoms with E-state index in [2.05, 4.69) is 10.3 Å². The second kappa shape index (κ2) is 5.16. The fourth-order valence-corrected chi connectivity index (χ4v) is 2.82. The van der Waals surface area contributed by atoms with Crippen molar-refractivity contribution in [3.8, 4) is 11.8 Å². The molecule has 5 heteroatoms. The molecule has 0 aliphatic carbocycles. The third kappa shape index (κ3) is 2.70. The number of hydrogen-bond donors (Lipinski definition) is 1. The van der Waals surface area contributed by atoms with Crippen LogP contribution >= 0.6 is 0 Å². The average Bonchev–Trinajstić information content (AvgIpc) is 2.83. The summed E-state index contributed by atoms with van der Waals surface area (Å²) in [6, 6.07) is 5.46. The summed E-state index contributed by atoms with van der Waals surface area (Å²) in [6.45, 7) is 2.68. The molecule has 0 saturated carbocycles. The standard InChI is InChI=1S/C14H17N3O2/c15-8-11-1-2-12(9-17-11)19-13-7-14(18-10-13)3-5-16-6-4-14/h1-2,9,13,16H,3-7,10H2. The highest BCUT2D eigenvalue weighted by Crippen LogP contribution is 2.35. The number of ether oxygens (including phenoxy) is 2. The first-order chi connectivity index (χ1) is 9.30. The number of pyridine rings is 1. The van der Waals surface area contributed by atoms with Crippen molar-refractivity contribution in [2.75, 3.05) is 19.7 Å². The van der Waals surface area contributed by atoms with Gasteiger partial charge >= 0.3 is 0 Å². The maximum absolute atomic E-state index is 8.70. The molecule has 2 aliphatic heterocycles. The van der Waals surface area contributed by atoms with E-state index in [4.69, 9.17) is 14.7 Å². The second-order valence-electron chi connectivity index (χ2n) is 5.18. The Kier molecular flexibility index (Phi) is 3.36. The molecular weight excluding hydrogens is 242 g/mol. The van der Waals surface area contributed by atoms with E-state index in [0.29, 0.717) is 18.1 Å². The summed E-state index contributed by atoms with van der Waals surface area (Å²) in [7, 11) is 0. The maximum Gasteiger partial charge on any atom is 0.140 e. The molecule has 1 aromatic rings. The zero-order chi connectivity index (χ0) is 13.1. The van der Waals surface area contributed by atoms with Crippen LogP contribution in [0.1, 0.15) is 25.0 Å². The van der Waals surface area contributed by atoms with Gasteiger partial charge in [-0.15, -0.1) is 0 Å². The quantitative estimate of drug-likeness (QED) is 0.865. The van der Waals surface area contributed by atoms with E-state index < -0.39 is 0 Å². The first-order valence-electron chi connectivity index (χ1n) is 6.67. The van der Waals surface area contributed by atoms with Crippen LogP contribution in [0.3, 0.4) is 0 Å². The molecule has 3 rings (SSSR count). The fraction of sp³-hybridized carbons (Fsp3) is 0.571. The lowest BCUT2D eigenvalue weighted by Crippen LogP contribution is -2.41. The average molecular weight is 259 g/mol. The number of rotatable bonds is 2. The number of nitrogens with one attached hydrogen (secondary N) is 1. The maximum atomic E-state index is 8.70. The van der Waals surface area contributed by atoms with E-state index in [-0.39, 0.29) is 11.7 Å². The van der Waals surface area contributed by atoms with Crippen LogP contribution in [0, 0.1) is 11.3 Å². The van der Waals surface area contributed by atoms with E-state index in [1.165, 1.54) is 0 Å². The van der Waals surface area contributed by atoms with Crippen molar-refractivity contribution in [1.82, 2.24) is 10.3 Å². The van der Waals surface area contributed by atoms with Crippen LogP contribution in [0.5, 0.6) is 5.75 Å². The number of hydrogen-bond acceptors (Lipinski definition) is 5. The van der Waals surface area contributed by atoms with Crippen LogP contribution in [0.2, 0.25) is 0 Å². The Morgan fingerprint density at radius 1 is 1.42 bits per heavy atom. The number of nitrogens with zero attached hydrogens (tertiary/aromatic N) is 2. The van der Waals surface area contributed by atoms with Crippen molar-refractivity contribution in [3.63, 3.8) is 0 Å². The molecule has 2 aliphatic rings. The van der Waals surface area contributed by atoms with E-state index in [0.717, 1.165) is 32.4 Å².